The Balaban J connectivity index is 0.888. The smallest absolute Gasteiger partial charge is 0.242 e. The molecular weight excluding hydrogens is 1090 g/mol. The Morgan fingerprint density at radius 1 is 0.211 bits per heavy atom. The summed E-state index contributed by atoms with van der Waals surface area (Å²) < 4.78 is 12.4. The Bertz CT molecular complexity index is 5820. The summed E-state index contributed by atoms with van der Waals surface area (Å²) in [5.74, 6) is 0. The molecule has 18 aromatic rings. The lowest BCUT2D eigenvalue weighted by Crippen LogP contribution is -2.55. The average Bonchev–Trinajstić information content (AvgIpc) is 1.56. The maximum absolute atomic E-state index is 2.51. The summed E-state index contributed by atoms with van der Waals surface area (Å²) >= 11 is 0. The van der Waals surface area contributed by atoms with Gasteiger partial charge in [0.05, 0.1) is 55.2 Å². The van der Waals surface area contributed by atoms with Crippen molar-refractivity contribution in [1.29, 1.82) is 0 Å². The van der Waals surface area contributed by atoms with Crippen LogP contribution in [0.1, 0.15) is 33.4 Å². The molecule has 90 heavy (non-hydrogen) atoms. The Hall–Kier alpha value is -11.1. The molecule has 0 bridgehead atoms. The number of benzene rings is 13. The standard InChI is InChI=1S/C84H62BN5/c1-51-43-53(3)83(54(4)44-51)85(84-55(5)45-52(2)46-56(84)6)57-33-35-60(36-34-57)86-75-39-37-61(89-74-32-20-16-28-66(74)82-78(89)42-41-77-81(82)65-27-15-19-31-73(65)87(77)58-21-9-7-10-22-58)47-67(75)68-48-62(38-40-76(68)86)90-72-30-18-14-26-64(72)70-49-79-69(50-80(70)90)63-25-13-17-29-71(63)88(79)59-23-11-8-12-24-59/h7-50H,1-6H3. The number of aryl methyl sites for hydroxylation is 6. The van der Waals surface area contributed by atoms with E-state index in [1.165, 1.54) is 148 Å². The molecule has 5 heterocycles. The Kier molecular flexibility index (Phi) is 11.4. The van der Waals surface area contributed by atoms with E-state index in [0.29, 0.717) is 0 Å². The summed E-state index contributed by atoms with van der Waals surface area (Å²) in [6.45, 7) is 13.7. The van der Waals surface area contributed by atoms with Gasteiger partial charge in [-0.1, -0.05) is 195 Å². The second kappa shape index (κ2) is 19.7. The molecule has 0 aliphatic carbocycles. The van der Waals surface area contributed by atoms with Gasteiger partial charge in [0.1, 0.15) is 0 Å². The van der Waals surface area contributed by atoms with Crippen molar-refractivity contribution in [3.05, 3.63) is 300 Å². The number of fused-ring (bicyclic) bond motifs is 16. The number of hydrogen-bond donors (Lipinski definition) is 0. The normalized spacial score (nSPS) is 12.1. The van der Waals surface area contributed by atoms with Gasteiger partial charge in [-0.15, -0.1) is 0 Å². The summed E-state index contributed by atoms with van der Waals surface area (Å²) in [4.78, 5) is 0. The molecule has 0 saturated heterocycles. The lowest BCUT2D eigenvalue weighted by Gasteiger charge is -2.25. The van der Waals surface area contributed by atoms with Crippen molar-refractivity contribution in [3.63, 3.8) is 0 Å². The maximum Gasteiger partial charge on any atom is 0.242 e. The molecule has 13 aromatic carbocycles. The highest BCUT2D eigenvalue weighted by Crippen LogP contribution is 2.45. The SMILES string of the molecule is Cc1cc(C)c(B(c2ccc(-n3c4ccc(-n5c6ccccc6c6cc7c(cc65)c5ccccc5n7-c5ccccc5)cc4c4cc(-n5c6ccccc6c6c7c8ccccc8n(-c8ccccc8)c7ccc65)ccc43)cc2)c2c(C)cc(C)cc2C)c(C)c1. The fraction of sp³-hybridized carbons (Fsp3) is 0.0714. The molecular formula is C84H62BN5. The fourth-order valence-electron chi connectivity index (χ4n) is 16.4. The minimum atomic E-state index is 0.0631. The van der Waals surface area contributed by atoms with Crippen LogP contribution in [0, 0.1) is 41.5 Å². The van der Waals surface area contributed by atoms with Crippen molar-refractivity contribution in [2.75, 3.05) is 0 Å². The largest absolute Gasteiger partial charge is 0.309 e. The quantitative estimate of drug-likeness (QED) is 0.136. The molecule has 6 heteroatoms. The van der Waals surface area contributed by atoms with E-state index in [1.54, 1.807) is 0 Å². The van der Waals surface area contributed by atoms with Crippen LogP contribution in [-0.2, 0) is 0 Å². The topological polar surface area (TPSA) is 24.6 Å². The molecule has 0 radical (unpaired) electrons. The van der Waals surface area contributed by atoms with Gasteiger partial charge in [0.15, 0.2) is 0 Å². The zero-order valence-corrected chi connectivity index (χ0v) is 51.2. The number of rotatable bonds is 8. The van der Waals surface area contributed by atoms with Crippen molar-refractivity contribution < 1.29 is 0 Å². The van der Waals surface area contributed by atoms with Crippen LogP contribution in [0.4, 0.5) is 0 Å². The van der Waals surface area contributed by atoms with Crippen LogP contribution in [0.3, 0.4) is 0 Å². The van der Waals surface area contributed by atoms with Crippen LogP contribution in [0.5, 0.6) is 0 Å². The lowest BCUT2D eigenvalue weighted by atomic mass is 9.34. The van der Waals surface area contributed by atoms with Crippen LogP contribution in [-0.4, -0.2) is 29.5 Å². The average molecular weight is 1150 g/mol. The summed E-state index contributed by atoms with van der Waals surface area (Å²) in [5.41, 5.74) is 29.4. The van der Waals surface area contributed by atoms with Crippen LogP contribution in [0.25, 0.3) is 137 Å². The first-order valence-corrected chi connectivity index (χ1v) is 31.5. The van der Waals surface area contributed by atoms with Crippen LogP contribution >= 0.6 is 0 Å². The summed E-state index contributed by atoms with van der Waals surface area (Å²) in [7, 11) is 0. The molecule has 18 rings (SSSR count). The fourth-order valence-corrected chi connectivity index (χ4v) is 16.4. The first-order chi connectivity index (χ1) is 44.1. The number of aromatic nitrogens is 5. The number of hydrogen-bond acceptors (Lipinski definition) is 0. The van der Waals surface area contributed by atoms with Gasteiger partial charge in [-0.2, -0.15) is 0 Å². The van der Waals surface area contributed by atoms with Gasteiger partial charge in [-0.25, -0.2) is 0 Å². The monoisotopic (exact) mass is 1150 g/mol. The third kappa shape index (κ3) is 7.58. The molecule has 0 aliphatic rings. The molecule has 0 spiro atoms. The Labute approximate surface area is 522 Å². The minimum Gasteiger partial charge on any atom is -0.309 e. The Morgan fingerprint density at radius 3 is 0.933 bits per heavy atom. The molecule has 0 aliphatic heterocycles. The predicted molar refractivity (Wildman–Crippen MR) is 384 cm³/mol. The van der Waals surface area contributed by atoms with E-state index < -0.39 is 0 Å². The second-order valence-corrected chi connectivity index (χ2v) is 25.2. The van der Waals surface area contributed by atoms with Crippen LogP contribution in [0.2, 0.25) is 0 Å². The van der Waals surface area contributed by atoms with E-state index in [-0.39, 0.29) is 6.71 Å². The van der Waals surface area contributed by atoms with E-state index in [9.17, 15) is 0 Å². The van der Waals surface area contributed by atoms with Gasteiger partial charge in [-0.05, 0) is 163 Å². The highest BCUT2D eigenvalue weighted by Gasteiger charge is 2.30. The number of para-hydroxylation sites is 6. The first kappa shape index (κ1) is 52.1. The van der Waals surface area contributed by atoms with Crippen molar-refractivity contribution in [2.24, 2.45) is 0 Å². The molecule has 0 unspecified atom stereocenters. The third-order valence-electron chi connectivity index (χ3n) is 19.8. The first-order valence-electron chi connectivity index (χ1n) is 31.5. The van der Waals surface area contributed by atoms with Gasteiger partial charge < -0.3 is 22.8 Å². The third-order valence-corrected chi connectivity index (χ3v) is 19.8. The lowest BCUT2D eigenvalue weighted by molar-refractivity contribution is 1.16. The maximum atomic E-state index is 2.51. The summed E-state index contributed by atoms with van der Waals surface area (Å²) in [6.07, 6.45) is 0. The van der Waals surface area contributed by atoms with E-state index >= 15 is 0 Å². The molecule has 0 atom stereocenters. The summed E-state index contributed by atoms with van der Waals surface area (Å²) in [5, 5.41) is 12.3. The van der Waals surface area contributed by atoms with E-state index in [2.05, 4.69) is 331 Å². The van der Waals surface area contributed by atoms with Gasteiger partial charge in [0.2, 0.25) is 6.71 Å². The highest BCUT2D eigenvalue weighted by molar-refractivity contribution is 6.96. The molecule has 426 valence electrons. The van der Waals surface area contributed by atoms with E-state index in [1.807, 2.05) is 0 Å². The zero-order chi connectivity index (χ0) is 60.2. The molecule has 0 fully saturated rings. The van der Waals surface area contributed by atoms with Crippen molar-refractivity contribution in [1.82, 2.24) is 22.8 Å². The minimum absolute atomic E-state index is 0.0631. The molecule has 5 aromatic heterocycles. The van der Waals surface area contributed by atoms with Crippen molar-refractivity contribution >= 4 is 132 Å². The van der Waals surface area contributed by atoms with Crippen molar-refractivity contribution in [2.45, 2.75) is 41.5 Å². The van der Waals surface area contributed by atoms with Gasteiger partial charge >= 0.3 is 0 Å². The second-order valence-electron chi connectivity index (χ2n) is 25.2. The van der Waals surface area contributed by atoms with Gasteiger partial charge in [0, 0.05) is 82.3 Å². The van der Waals surface area contributed by atoms with Crippen LogP contribution < -0.4 is 16.4 Å². The van der Waals surface area contributed by atoms with Gasteiger partial charge in [-0.3, -0.25) is 0 Å². The molecule has 0 N–H and O–H groups in total. The predicted octanol–water partition coefficient (Wildman–Crippen LogP) is 19.5. The van der Waals surface area contributed by atoms with E-state index in [4.69, 9.17) is 0 Å². The molecule has 0 amide bonds. The highest BCUT2D eigenvalue weighted by atomic mass is 15.0. The van der Waals surface area contributed by atoms with Crippen LogP contribution in [0.15, 0.2) is 267 Å². The van der Waals surface area contributed by atoms with Gasteiger partial charge in [0.25, 0.3) is 0 Å². The van der Waals surface area contributed by atoms with E-state index in [0.717, 1.165) is 39.5 Å². The summed E-state index contributed by atoms with van der Waals surface area (Å²) in [6, 6.07) is 100. The Morgan fingerprint density at radius 2 is 0.500 bits per heavy atom. The number of nitrogens with zero attached hydrogens (tertiary/aromatic N) is 5. The molecule has 0 saturated carbocycles. The molecule has 5 nitrogen and oxygen atoms in total. The zero-order valence-electron chi connectivity index (χ0n) is 51.2. The van der Waals surface area contributed by atoms with Crippen molar-refractivity contribution in [3.8, 4) is 28.4 Å².